The number of hydrogen-bond donors (Lipinski definition) is 2. The van der Waals surface area contributed by atoms with Crippen molar-refractivity contribution in [2.45, 2.75) is 45.0 Å². The minimum absolute atomic E-state index is 0.182. The fourth-order valence-electron chi connectivity index (χ4n) is 3.52. The average molecular weight is 515 g/mol. The first-order chi connectivity index (χ1) is 16.7. The van der Waals surface area contributed by atoms with Gasteiger partial charge >= 0.3 is 6.36 Å². The number of allylic oxidation sites excluding steroid dienone is 1. The van der Waals surface area contributed by atoms with E-state index in [1.54, 1.807) is 7.05 Å². The highest BCUT2D eigenvalue weighted by atomic mass is 32.1. The molecule has 2 aromatic rings. The zero-order valence-corrected chi connectivity index (χ0v) is 20.0. The third kappa shape index (κ3) is 8.19. The zero-order valence-electron chi connectivity index (χ0n) is 19.2. The molecule has 1 fully saturated rings. The zero-order chi connectivity index (χ0) is 25.4. The Kier molecular flexibility index (Phi) is 9.01. The van der Waals surface area contributed by atoms with Crippen LogP contribution in [-0.4, -0.2) is 59.4 Å². The molecule has 1 amide bonds. The smallest absolute Gasteiger partial charge is 0.406 e. The molecule has 1 aliphatic rings. The number of carbonyl (C=O) groups is 1. The molecule has 1 aliphatic heterocycles. The highest BCUT2D eigenvalue weighted by Gasteiger charge is 2.31. The molecular formula is C22H26F4N6O2S. The van der Waals surface area contributed by atoms with Gasteiger partial charge in [-0.25, -0.2) is 4.39 Å². The van der Waals surface area contributed by atoms with Gasteiger partial charge in [-0.2, -0.15) is 0 Å². The number of amidine groups is 1. The van der Waals surface area contributed by atoms with E-state index in [9.17, 15) is 22.4 Å². The summed E-state index contributed by atoms with van der Waals surface area (Å²) in [5.74, 6) is -1.11. The molecule has 13 heteroatoms. The molecule has 190 valence electrons. The molecule has 0 spiro atoms. The van der Waals surface area contributed by atoms with E-state index in [1.165, 1.54) is 0 Å². The second kappa shape index (κ2) is 12.0. The summed E-state index contributed by atoms with van der Waals surface area (Å²) in [6, 6.07) is 2.68. The Morgan fingerprint density at radius 3 is 2.66 bits per heavy atom. The van der Waals surface area contributed by atoms with Gasteiger partial charge in [0.2, 0.25) is 16.2 Å². The lowest BCUT2D eigenvalue weighted by Gasteiger charge is -2.33. The Bertz CT molecular complexity index is 1060. The van der Waals surface area contributed by atoms with Crippen LogP contribution in [0.3, 0.4) is 0 Å². The number of rotatable bonds is 8. The van der Waals surface area contributed by atoms with Crippen LogP contribution >= 0.6 is 11.3 Å². The summed E-state index contributed by atoms with van der Waals surface area (Å²) < 4.78 is 54.9. The number of hydrogen-bond acceptors (Lipinski definition) is 7. The Morgan fingerprint density at radius 2 is 2.00 bits per heavy atom. The molecule has 0 atom stereocenters. The van der Waals surface area contributed by atoms with Gasteiger partial charge in [0.1, 0.15) is 17.4 Å². The minimum Gasteiger partial charge on any atom is -0.406 e. The van der Waals surface area contributed by atoms with Crippen LogP contribution in [0.5, 0.6) is 5.75 Å². The molecule has 2 N–H and O–H groups in total. The molecule has 0 bridgehead atoms. The van der Waals surface area contributed by atoms with Gasteiger partial charge in [-0.05, 0) is 43.5 Å². The van der Waals surface area contributed by atoms with Crippen LogP contribution in [0.15, 0.2) is 35.3 Å². The third-order valence-corrected chi connectivity index (χ3v) is 5.92. The second-order valence-electron chi connectivity index (χ2n) is 7.74. The molecule has 8 nitrogen and oxygen atoms in total. The summed E-state index contributed by atoms with van der Waals surface area (Å²) >= 11 is 1.12. The first-order valence-corrected chi connectivity index (χ1v) is 11.8. The lowest BCUT2D eigenvalue weighted by Crippen LogP contribution is -2.41. The number of aliphatic imine (C=N–C) groups is 1. The SMILES string of the molecule is CC/C=C\C(=N/C)N1CCC(Nc2nnc(NC(=O)Cc3cc(OC(F)(F)F)ccc3F)s2)CC1. The van der Waals surface area contributed by atoms with Gasteiger partial charge in [-0.15, -0.1) is 23.4 Å². The van der Waals surface area contributed by atoms with Gasteiger partial charge < -0.3 is 20.3 Å². The number of nitrogens with zero attached hydrogens (tertiary/aromatic N) is 4. The molecule has 1 saturated heterocycles. The number of piperidine rings is 1. The number of aromatic nitrogens is 2. The van der Waals surface area contributed by atoms with Crippen molar-refractivity contribution < 1.29 is 27.1 Å². The van der Waals surface area contributed by atoms with Crippen LogP contribution in [0.1, 0.15) is 31.7 Å². The summed E-state index contributed by atoms with van der Waals surface area (Å²) in [7, 11) is 1.78. The van der Waals surface area contributed by atoms with Crippen molar-refractivity contribution in [3.63, 3.8) is 0 Å². The van der Waals surface area contributed by atoms with E-state index < -0.39 is 30.3 Å². The van der Waals surface area contributed by atoms with E-state index in [0.29, 0.717) is 5.13 Å². The first kappa shape index (κ1) is 26.4. The summed E-state index contributed by atoms with van der Waals surface area (Å²) in [6.07, 6.45) is 1.38. The Balaban J connectivity index is 1.51. The number of benzene rings is 1. The second-order valence-corrected chi connectivity index (χ2v) is 8.71. The van der Waals surface area contributed by atoms with Gasteiger partial charge in [0, 0.05) is 31.7 Å². The van der Waals surface area contributed by atoms with Gasteiger partial charge in [-0.1, -0.05) is 24.3 Å². The van der Waals surface area contributed by atoms with Crippen LogP contribution in [0.2, 0.25) is 0 Å². The molecule has 0 unspecified atom stereocenters. The highest BCUT2D eigenvalue weighted by molar-refractivity contribution is 7.19. The number of anilines is 2. The normalized spacial score (nSPS) is 15.5. The van der Waals surface area contributed by atoms with Crippen LogP contribution < -0.4 is 15.4 Å². The fraction of sp³-hybridized carbons (Fsp3) is 0.455. The van der Waals surface area contributed by atoms with E-state index in [0.717, 1.165) is 67.7 Å². The van der Waals surface area contributed by atoms with Crippen LogP contribution in [0.25, 0.3) is 0 Å². The first-order valence-electron chi connectivity index (χ1n) is 11.0. The summed E-state index contributed by atoms with van der Waals surface area (Å²) in [5.41, 5.74) is -0.234. The number of carbonyl (C=O) groups excluding carboxylic acids is 1. The Morgan fingerprint density at radius 1 is 1.29 bits per heavy atom. The molecule has 0 aliphatic carbocycles. The standard InChI is InChI=1S/C22H26F4N6O2S/c1-3-4-5-18(27-2)32-10-8-15(9-11-32)28-20-30-31-21(35-20)29-19(33)13-14-12-16(6-7-17(14)23)34-22(24,25)26/h4-7,12,15H,3,8-11,13H2,1-2H3,(H,28,30)(H,29,31,33)/b5-4-,27-18+. The summed E-state index contributed by atoms with van der Waals surface area (Å²) in [5, 5.41) is 14.5. The van der Waals surface area contributed by atoms with Crippen molar-refractivity contribution >= 4 is 33.3 Å². The van der Waals surface area contributed by atoms with Crippen molar-refractivity contribution in [2.24, 2.45) is 4.99 Å². The van der Waals surface area contributed by atoms with E-state index in [4.69, 9.17) is 0 Å². The number of amides is 1. The van der Waals surface area contributed by atoms with Crippen LogP contribution in [0, 0.1) is 5.82 Å². The maximum atomic E-state index is 14.0. The number of nitrogens with one attached hydrogen (secondary N) is 2. The summed E-state index contributed by atoms with van der Waals surface area (Å²) in [4.78, 5) is 18.9. The van der Waals surface area contributed by atoms with E-state index in [1.807, 2.05) is 6.08 Å². The molecule has 0 radical (unpaired) electrons. The monoisotopic (exact) mass is 514 g/mol. The number of halogens is 4. The quantitative estimate of drug-likeness (QED) is 0.303. The fourth-order valence-corrected chi connectivity index (χ4v) is 4.26. The number of alkyl halides is 3. The van der Waals surface area contributed by atoms with Crippen molar-refractivity contribution in [3.05, 3.63) is 41.7 Å². The molecular weight excluding hydrogens is 488 g/mol. The Labute approximate surface area is 204 Å². The molecule has 1 aromatic carbocycles. The average Bonchev–Trinajstić information content (AvgIpc) is 3.23. The van der Waals surface area contributed by atoms with Crippen molar-refractivity contribution in [1.82, 2.24) is 15.1 Å². The Hall–Kier alpha value is -3.22. The molecule has 35 heavy (non-hydrogen) atoms. The molecule has 1 aromatic heterocycles. The third-order valence-electron chi connectivity index (χ3n) is 5.15. The lowest BCUT2D eigenvalue weighted by molar-refractivity contribution is -0.274. The van der Waals surface area contributed by atoms with Crippen LogP contribution in [0.4, 0.5) is 27.8 Å². The van der Waals surface area contributed by atoms with E-state index in [-0.39, 0.29) is 16.7 Å². The minimum atomic E-state index is -4.91. The number of ether oxygens (including phenoxy) is 1. The topological polar surface area (TPSA) is 91.7 Å². The van der Waals surface area contributed by atoms with E-state index >= 15 is 0 Å². The summed E-state index contributed by atoms with van der Waals surface area (Å²) in [6.45, 7) is 3.74. The molecule has 3 rings (SSSR count). The van der Waals surface area contributed by atoms with Gasteiger partial charge in [0.15, 0.2) is 0 Å². The van der Waals surface area contributed by atoms with Crippen molar-refractivity contribution in [1.29, 1.82) is 0 Å². The molecule has 2 heterocycles. The van der Waals surface area contributed by atoms with Gasteiger partial charge in [-0.3, -0.25) is 9.79 Å². The highest BCUT2D eigenvalue weighted by Crippen LogP contribution is 2.26. The predicted molar refractivity (Wildman–Crippen MR) is 126 cm³/mol. The van der Waals surface area contributed by atoms with E-state index in [2.05, 4.69) is 48.5 Å². The maximum absolute atomic E-state index is 14.0. The van der Waals surface area contributed by atoms with Gasteiger partial charge in [0.25, 0.3) is 0 Å². The maximum Gasteiger partial charge on any atom is 0.573 e. The molecule has 0 saturated carbocycles. The largest absolute Gasteiger partial charge is 0.573 e. The lowest BCUT2D eigenvalue weighted by atomic mass is 10.1. The number of likely N-dealkylation sites (tertiary alicyclic amines) is 1. The van der Waals surface area contributed by atoms with Crippen molar-refractivity contribution in [3.8, 4) is 5.75 Å². The predicted octanol–water partition coefficient (Wildman–Crippen LogP) is 4.63. The van der Waals surface area contributed by atoms with Gasteiger partial charge in [0.05, 0.1) is 6.42 Å². The van der Waals surface area contributed by atoms with Crippen molar-refractivity contribution in [2.75, 3.05) is 30.8 Å². The van der Waals surface area contributed by atoms with Crippen LogP contribution in [-0.2, 0) is 11.2 Å².